The van der Waals surface area contributed by atoms with E-state index in [1.165, 1.54) is 13.3 Å². The van der Waals surface area contributed by atoms with E-state index < -0.39 is 0 Å². The van der Waals surface area contributed by atoms with E-state index in [0.717, 1.165) is 5.69 Å². The lowest BCUT2D eigenvalue weighted by Crippen LogP contribution is -2.12. The third kappa shape index (κ3) is 4.45. The summed E-state index contributed by atoms with van der Waals surface area (Å²) in [7, 11) is 1.53. The molecule has 3 rings (SSSR count). The molecule has 1 amide bonds. The van der Waals surface area contributed by atoms with Gasteiger partial charge < -0.3 is 15.4 Å². The Hall–Kier alpha value is -2.76. The highest BCUT2D eigenvalue weighted by Gasteiger charge is 2.09. The van der Waals surface area contributed by atoms with E-state index in [2.05, 4.69) is 15.6 Å². The van der Waals surface area contributed by atoms with Crippen LogP contribution in [0, 0.1) is 0 Å². The van der Waals surface area contributed by atoms with Crippen molar-refractivity contribution >= 4 is 46.2 Å². The molecule has 5 nitrogen and oxygen atoms in total. The molecular weight excluding hydrogens is 373 g/mol. The molecule has 0 aliphatic heterocycles. The summed E-state index contributed by atoms with van der Waals surface area (Å²) in [5.41, 5.74) is 2.51. The van der Waals surface area contributed by atoms with Crippen LogP contribution in [0.1, 0.15) is 10.4 Å². The fraction of sp³-hybridized carbons (Fsp3) is 0.0526. The molecule has 1 heterocycles. The first-order valence-corrected chi connectivity index (χ1v) is 8.43. The molecule has 0 aliphatic rings. The summed E-state index contributed by atoms with van der Waals surface area (Å²) < 4.78 is 5.10. The number of nitrogens with one attached hydrogen (secondary N) is 2. The van der Waals surface area contributed by atoms with Crippen LogP contribution in [0.25, 0.3) is 0 Å². The van der Waals surface area contributed by atoms with Gasteiger partial charge in [-0.15, -0.1) is 0 Å². The maximum Gasteiger partial charge on any atom is 0.257 e. The van der Waals surface area contributed by atoms with Crippen LogP contribution in [0.4, 0.5) is 17.1 Å². The van der Waals surface area contributed by atoms with Gasteiger partial charge in [0.15, 0.2) is 0 Å². The van der Waals surface area contributed by atoms with Gasteiger partial charge in [0.1, 0.15) is 5.75 Å². The molecule has 0 saturated carbocycles. The zero-order chi connectivity index (χ0) is 18.5. The number of aromatic nitrogens is 1. The van der Waals surface area contributed by atoms with Crippen molar-refractivity contribution in [3.8, 4) is 5.75 Å². The topological polar surface area (TPSA) is 63.2 Å². The molecule has 7 heteroatoms. The number of anilines is 3. The quantitative estimate of drug-likeness (QED) is 0.615. The zero-order valence-corrected chi connectivity index (χ0v) is 15.3. The van der Waals surface area contributed by atoms with Crippen LogP contribution in [0.3, 0.4) is 0 Å². The summed E-state index contributed by atoms with van der Waals surface area (Å²) >= 11 is 12.0. The minimum absolute atomic E-state index is 0.293. The van der Waals surface area contributed by atoms with Gasteiger partial charge in [-0.2, -0.15) is 0 Å². The molecule has 0 saturated heterocycles. The number of hydrogen-bond donors (Lipinski definition) is 2. The third-order valence-corrected chi connectivity index (χ3v) is 4.09. The highest BCUT2D eigenvalue weighted by Crippen LogP contribution is 2.27. The second-order valence-electron chi connectivity index (χ2n) is 5.40. The summed E-state index contributed by atoms with van der Waals surface area (Å²) in [6.45, 7) is 0. The first kappa shape index (κ1) is 18.0. The molecule has 0 unspecified atom stereocenters. The molecule has 26 heavy (non-hydrogen) atoms. The number of methoxy groups -OCH3 is 1. The fourth-order valence-corrected chi connectivity index (χ4v) is 2.66. The van der Waals surface area contributed by atoms with E-state index in [9.17, 15) is 4.79 Å². The lowest BCUT2D eigenvalue weighted by atomic mass is 10.2. The maximum atomic E-state index is 12.5. The summed E-state index contributed by atoms with van der Waals surface area (Å²) in [5, 5.41) is 7.03. The van der Waals surface area contributed by atoms with Gasteiger partial charge in [0.25, 0.3) is 5.91 Å². The third-order valence-electron chi connectivity index (χ3n) is 3.54. The Morgan fingerprint density at radius 1 is 0.962 bits per heavy atom. The number of benzene rings is 2. The number of nitrogens with zero attached hydrogens (tertiary/aromatic N) is 1. The number of carbonyl (C=O) groups is 1. The SMILES string of the molecule is COc1ccc(NC(=O)c2cncc(Nc3ccc(Cl)cc3)c2)cc1Cl. The molecule has 3 aromatic rings. The smallest absolute Gasteiger partial charge is 0.257 e. The van der Waals surface area contributed by atoms with E-state index in [1.54, 1.807) is 42.6 Å². The predicted molar refractivity (Wildman–Crippen MR) is 105 cm³/mol. The standard InChI is InChI=1S/C19H15Cl2N3O2/c1-26-18-7-6-15(9-17(18)21)24-19(25)12-8-16(11-22-10-12)23-14-4-2-13(20)3-5-14/h2-11,23H,1H3,(H,24,25). The largest absolute Gasteiger partial charge is 0.495 e. The Balaban J connectivity index is 1.73. The molecule has 0 bridgehead atoms. The number of pyridine rings is 1. The van der Waals surface area contributed by atoms with Crippen LogP contribution in [-0.2, 0) is 0 Å². The first-order chi connectivity index (χ1) is 12.5. The van der Waals surface area contributed by atoms with Crippen molar-refractivity contribution in [3.63, 3.8) is 0 Å². The molecule has 0 aliphatic carbocycles. The molecule has 132 valence electrons. The highest BCUT2D eigenvalue weighted by molar-refractivity contribution is 6.32. The molecule has 2 aromatic carbocycles. The number of carbonyl (C=O) groups excluding carboxylic acids is 1. The summed E-state index contributed by atoms with van der Waals surface area (Å²) in [6, 6.07) is 14.0. The van der Waals surface area contributed by atoms with Crippen LogP contribution in [0.5, 0.6) is 5.75 Å². The van der Waals surface area contributed by atoms with E-state index >= 15 is 0 Å². The Kier molecular flexibility index (Phi) is 5.61. The van der Waals surface area contributed by atoms with Crippen LogP contribution in [0.2, 0.25) is 10.0 Å². The number of hydrogen-bond acceptors (Lipinski definition) is 4. The minimum Gasteiger partial charge on any atom is -0.495 e. The monoisotopic (exact) mass is 387 g/mol. The Labute approximate surface area is 160 Å². The van der Waals surface area contributed by atoms with Gasteiger partial charge in [0.05, 0.1) is 29.6 Å². The minimum atomic E-state index is -0.293. The summed E-state index contributed by atoms with van der Waals surface area (Å²) in [5.74, 6) is 0.249. The van der Waals surface area contributed by atoms with Gasteiger partial charge in [0.2, 0.25) is 0 Å². The van der Waals surface area contributed by atoms with Gasteiger partial charge in [-0.05, 0) is 48.5 Å². The second kappa shape index (κ2) is 8.08. The average molecular weight is 388 g/mol. The molecule has 2 N–H and O–H groups in total. The molecule has 1 aromatic heterocycles. The van der Waals surface area contributed by atoms with Gasteiger partial charge in [-0.3, -0.25) is 9.78 Å². The normalized spacial score (nSPS) is 10.3. The number of amides is 1. The maximum absolute atomic E-state index is 12.5. The lowest BCUT2D eigenvalue weighted by Gasteiger charge is -2.10. The van der Waals surface area contributed by atoms with Gasteiger partial charge in [0, 0.05) is 22.6 Å². The van der Waals surface area contributed by atoms with E-state index in [4.69, 9.17) is 27.9 Å². The summed E-state index contributed by atoms with van der Waals surface area (Å²) in [4.78, 5) is 16.6. The van der Waals surface area contributed by atoms with Gasteiger partial charge in [-0.25, -0.2) is 0 Å². The zero-order valence-electron chi connectivity index (χ0n) is 13.8. The molecule has 0 fully saturated rings. The van der Waals surface area contributed by atoms with E-state index in [1.807, 2.05) is 12.1 Å². The summed E-state index contributed by atoms with van der Waals surface area (Å²) in [6.07, 6.45) is 3.13. The molecule has 0 radical (unpaired) electrons. The Morgan fingerprint density at radius 3 is 2.38 bits per heavy atom. The lowest BCUT2D eigenvalue weighted by molar-refractivity contribution is 0.102. The number of ether oxygens (including phenoxy) is 1. The first-order valence-electron chi connectivity index (χ1n) is 7.67. The van der Waals surface area contributed by atoms with Crippen molar-refractivity contribution in [2.75, 3.05) is 17.7 Å². The van der Waals surface area contributed by atoms with Crippen LogP contribution >= 0.6 is 23.2 Å². The van der Waals surface area contributed by atoms with Crippen LogP contribution in [0.15, 0.2) is 60.9 Å². The Morgan fingerprint density at radius 2 is 1.69 bits per heavy atom. The van der Waals surface area contributed by atoms with Crippen molar-refractivity contribution in [3.05, 3.63) is 76.5 Å². The van der Waals surface area contributed by atoms with Crippen molar-refractivity contribution in [2.45, 2.75) is 0 Å². The van der Waals surface area contributed by atoms with Crippen LogP contribution < -0.4 is 15.4 Å². The Bertz CT molecular complexity index is 930. The van der Waals surface area contributed by atoms with E-state index in [0.29, 0.717) is 32.7 Å². The van der Waals surface area contributed by atoms with E-state index in [-0.39, 0.29) is 5.91 Å². The number of rotatable bonds is 5. The second-order valence-corrected chi connectivity index (χ2v) is 6.24. The van der Waals surface area contributed by atoms with Crippen LogP contribution in [-0.4, -0.2) is 18.0 Å². The highest BCUT2D eigenvalue weighted by atomic mass is 35.5. The number of halogens is 2. The van der Waals surface area contributed by atoms with Gasteiger partial charge in [-0.1, -0.05) is 23.2 Å². The predicted octanol–water partition coefficient (Wildman–Crippen LogP) is 5.39. The van der Waals surface area contributed by atoms with Crippen molar-refractivity contribution in [2.24, 2.45) is 0 Å². The van der Waals surface area contributed by atoms with Crippen molar-refractivity contribution in [1.82, 2.24) is 4.98 Å². The average Bonchev–Trinajstić information content (AvgIpc) is 2.64. The molecular formula is C19H15Cl2N3O2. The van der Waals surface area contributed by atoms with Crippen molar-refractivity contribution < 1.29 is 9.53 Å². The molecule has 0 atom stereocenters. The molecule has 0 spiro atoms. The van der Waals surface area contributed by atoms with Crippen molar-refractivity contribution in [1.29, 1.82) is 0 Å². The van der Waals surface area contributed by atoms with Gasteiger partial charge >= 0.3 is 0 Å². The fourth-order valence-electron chi connectivity index (χ4n) is 2.28.